The molecule has 1 aliphatic heterocycles. The average molecular weight is 444 g/mol. The van der Waals surface area contributed by atoms with E-state index in [1.165, 1.54) is 30.6 Å². The number of benzene rings is 2. The fourth-order valence-corrected chi connectivity index (χ4v) is 6.45. The maximum atomic E-state index is 13.3. The van der Waals surface area contributed by atoms with Crippen molar-refractivity contribution < 1.29 is 22.7 Å². The SMILES string of the molecule is CCOc1cccc([C@H]2CC(=O)Nc3c(S(=O)(=O)c4ccc(OC)cc4)csc32)c1. The van der Waals surface area contributed by atoms with E-state index >= 15 is 0 Å². The van der Waals surface area contributed by atoms with E-state index in [9.17, 15) is 13.2 Å². The largest absolute Gasteiger partial charge is 0.497 e. The standard InChI is InChI=1S/C22H21NO5S2/c1-3-28-16-6-4-5-14(11-16)18-12-20(24)23-21-19(13-29-22(18)21)30(25,26)17-9-7-15(27-2)8-10-17/h4-11,13,18H,3,12H2,1-2H3,(H,23,24)/t18-/m1/s1. The zero-order chi connectivity index (χ0) is 21.3. The summed E-state index contributed by atoms with van der Waals surface area (Å²) in [6.07, 6.45) is 0.255. The van der Waals surface area contributed by atoms with Gasteiger partial charge in [0.15, 0.2) is 0 Å². The maximum absolute atomic E-state index is 13.3. The molecular weight excluding hydrogens is 422 g/mol. The molecule has 1 aliphatic rings. The highest BCUT2D eigenvalue weighted by Crippen LogP contribution is 2.46. The predicted molar refractivity (Wildman–Crippen MR) is 115 cm³/mol. The lowest BCUT2D eigenvalue weighted by Crippen LogP contribution is -2.23. The van der Waals surface area contributed by atoms with Gasteiger partial charge in [0.2, 0.25) is 15.7 Å². The van der Waals surface area contributed by atoms with Gasteiger partial charge in [-0.25, -0.2) is 8.42 Å². The monoisotopic (exact) mass is 443 g/mol. The van der Waals surface area contributed by atoms with Gasteiger partial charge < -0.3 is 14.8 Å². The number of thiophene rings is 1. The topological polar surface area (TPSA) is 81.7 Å². The summed E-state index contributed by atoms with van der Waals surface area (Å²) in [5.74, 6) is 0.867. The smallest absolute Gasteiger partial charge is 0.225 e. The average Bonchev–Trinajstić information content (AvgIpc) is 3.18. The number of ether oxygens (including phenoxy) is 2. The van der Waals surface area contributed by atoms with E-state index in [1.807, 2.05) is 31.2 Å². The maximum Gasteiger partial charge on any atom is 0.225 e. The van der Waals surface area contributed by atoms with Crippen molar-refractivity contribution in [2.45, 2.75) is 29.1 Å². The first-order valence-electron chi connectivity index (χ1n) is 9.47. The number of amides is 1. The van der Waals surface area contributed by atoms with Gasteiger partial charge in [-0.15, -0.1) is 11.3 Å². The fraction of sp³-hybridized carbons (Fsp3) is 0.227. The molecule has 0 fully saturated rings. The van der Waals surface area contributed by atoms with Gasteiger partial charge in [0.05, 0.1) is 24.3 Å². The Morgan fingerprint density at radius 1 is 1.13 bits per heavy atom. The minimum Gasteiger partial charge on any atom is -0.497 e. The van der Waals surface area contributed by atoms with Crippen molar-refractivity contribution in [2.24, 2.45) is 0 Å². The molecule has 0 aliphatic carbocycles. The lowest BCUT2D eigenvalue weighted by atomic mass is 9.90. The second-order valence-corrected chi connectivity index (χ2v) is 9.66. The lowest BCUT2D eigenvalue weighted by Gasteiger charge is -2.24. The van der Waals surface area contributed by atoms with Gasteiger partial charge in [-0.3, -0.25) is 4.79 Å². The van der Waals surface area contributed by atoms with Crippen LogP contribution in [-0.4, -0.2) is 28.0 Å². The summed E-state index contributed by atoms with van der Waals surface area (Å²) in [7, 11) is -2.27. The van der Waals surface area contributed by atoms with E-state index in [-0.39, 0.29) is 28.0 Å². The Kier molecular flexibility index (Phi) is 5.53. The number of nitrogens with one attached hydrogen (secondary N) is 1. The predicted octanol–water partition coefficient (Wildman–Crippen LogP) is 4.46. The highest BCUT2D eigenvalue weighted by Gasteiger charge is 2.34. The van der Waals surface area contributed by atoms with E-state index < -0.39 is 9.84 Å². The van der Waals surface area contributed by atoms with Crippen LogP contribution in [0.4, 0.5) is 5.69 Å². The molecule has 1 amide bonds. The van der Waals surface area contributed by atoms with Crippen molar-refractivity contribution in [3.05, 3.63) is 64.4 Å². The van der Waals surface area contributed by atoms with Crippen LogP contribution in [-0.2, 0) is 14.6 Å². The van der Waals surface area contributed by atoms with Gasteiger partial charge in [0.1, 0.15) is 16.4 Å². The molecule has 4 rings (SSSR count). The van der Waals surface area contributed by atoms with Crippen LogP contribution in [0, 0.1) is 0 Å². The molecular formula is C22H21NO5S2. The van der Waals surface area contributed by atoms with Crippen LogP contribution in [0.5, 0.6) is 11.5 Å². The quantitative estimate of drug-likeness (QED) is 0.608. The summed E-state index contributed by atoms with van der Waals surface area (Å²) >= 11 is 1.35. The van der Waals surface area contributed by atoms with Gasteiger partial charge in [0, 0.05) is 22.6 Å². The Morgan fingerprint density at radius 2 is 1.90 bits per heavy atom. The van der Waals surface area contributed by atoms with Gasteiger partial charge in [-0.1, -0.05) is 12.1 Å². The second-order valence-electron chi connectivity index (χ2n) is 6.83. The van der Waals surface area contributed by atoms with Crippen LogP contribution < -0.4 is 14.8 Å². The molecule has 1 N–H and O–H groups in total. The molecule has 6 nitrogen and oxygen atoms in total. The molecule has 2 aromatic carbocycles. The Balaban J connectivity index is 1.76. The summed E-state index contributed by atoms with van der Waals surface area (Å²) in [4.78, 5) is 13.6. The third-order valence-corrected chi connectivity index (χ3v) is 8.03. The van der Waals surface area contributed by atoms with Crippen molar-refractivity contribution >= 4 is 32.8 Å². The minimum atomic E-state index is -3.79. The second kappa shape index (κ2) is 8.12. The Bertz CT molecular complexity index is 1180. The van der Waals surface area contributed by atoms with Crippen molar-refractivity contribution in [3.63, 3.8) is 0 Å². The van der Waals surface area contributed by atoms with E-state index in [2.05, 4.69) is 5.32 Å². The molecule has 30 heavy (non-hydrogen) atoms. The zero-order valence-corrected chi connectivity index (χ0v) is 18.2. The number of carbonyl (C=O) groups excluding carboxylic acids is 1. The third kappa shape index (κ3) is 3.68. The molecule has 3 aromatic rings. The van der Waals surface area contributed by atoms with Crippen LogP contribution in [0.25, 0.3) is 0 Å². The molecule has 2 heterocycles. The molecule has 1 atom stereocenters. The van der Waals surface area contributed by atoms with Crippen LogP contribution in [0.1, 0.15) is 29.7 Å². The number of hydrogen-bond donors (Lipinski definition) is 1. The van der Waals surface area contributed by atoms with Crippen LogP contribution in [0.3, 0.4) is 0 Å². The first-order valence-corrected chi connectivity index (χ1v) is 11.8. The van der Waals surface area contributed by atoms with Crippen molar-refractivity contribution in [3.8, 4) is 11.5 Å². The van der Waals surface area contributed by atoms with Gasteiger partial charge in [-0.2, -0.15) is 0 Å². The lowest BCUT2D eigenvalue weighted by molar-refractivity contribution is -0.116. The number of sulfone groups is 1. The van der Waals surface area contributed by atoms with Crippen molar-refractivity contribution in [1.29, 1.82) is 0 Å². The normalized spacial score (nSPS) is 15.9. The Hall–Kier alpha value is -2.84. The van der Waals surface area contributed by atoms with Crippen molar-refractivity contribution in [1.82, 2.24) is 0 Å². The van der Waals surface area contributed by atoms with E-state index in [1.54, 1.807) is 17.5 Å². The zero-order valence-electron chi connectivity index (χ0n) is 16.5. The van der Waals surface area contributed by atoms with Gasteiger partial charge in [0.25, 0.3) is 0 Å². The summed E-state index contributed by atoms with van der Waals surface area (Å²) in [5.41, 5.74) is 1.30. The van der Waals surface area contributed by atoms with Gasteiger partial charge in [-0.05, 0) is 48.9 Å². The molecule has 0 saturated carbocycles. The molecule has 156 valence electrons. The van der Waals surface area contributed by atoms with Crippen LogP contribution >= 0.6 is 11.3 Å². The van der Waals surface area contributed by atoms with Crippen LogP contribution in [0.15, 0.2) is 63.7 Å². The van der Waals surface area contributed by atoms with E-state index in [4.69, 9.17) is 9.47 Å². The summed E-state index contributed by atoms with van der Waals surface area (Å²) in [6, 6.07) is 13.8. The Labute approximate surface area is 179 Å². The molecule has 1 aromatic heterocycles. The van der Waals surface area contributed by atoms with Crippen LogP contribution in [0.2, 0.25) is 0 Å². The first kappa shape index (κ1) is 20.4. The van der Waals surface area contributed by atoms with E-state index in [0.717, 1.165) is 16.2 Å². The number of rotatable bonds is 6. The molecule has 0 saturated heterocycles. The number of methoxy groups -OCH3 is 1. The van der Waals surface area contributed by atoms with Gasteiger partial charge >= 0.3 is 0 Å². The molecule has 0 spiro atoms. The number of anilines is 1. The first-order chi connectivity index (χ1) is 14.4. The Morgan fingerprint density at radius 3 is 2.60 bits per heavy atom. The highest BCUT2D eigenvalue weighted by atomic mass is 32.2. The number of carbonyl (C=O) groups is 1. The number of hydrogen-bond acceptors (Lipinski definition) is 6. The summed E-state index contributed by atoms with van der Waals surface area (Å²) in [5, 5.41) is 4.39. The highest BCUT2D eigenvalue weighted by molar-refractivity contribution is 7.91. The third-order valence-electron chi connectivity index (χ3n) is 4.99. The van der Waals surface area contributed by atoms with Crippen molar-refractivity contribution in [2.75, 3.05) is 19.0 Å². The minimum absolute atomic E-state index is 0.117. The molecule has 8 heteroatoms. The fourth-order valence-electron chi connectivity index (χ4n) is 3.54. The van der Waals surface area contributed by atoms with E-state index in [0.29, 0.717) is 18.0 Å². The molecule has 0 radical (unpaired) electrons. The summed E-state index contributed by atoms with van der Waals surface area (Å²) < 4.78 is 37.2. The number of fused-ring (bicyclic) bond motifs is 1. The summed E-state index contributed by atoms with van der Waals surface area (Å²) in [6.45, 7) is 2.46. The molecule has 0 bridgehead atoms. The molecule has 0 unspecified atom stereocenters.